The summed E-state index contributed by atoms with van der Waals surface area (Å²) in [5.74, 6) is 0.737. The maximum absolute atomic E-state index is 4.08. The van der Waals surface area contributed by atoms with Gasteiger partial charge in [0, 0.05) is 24.2 Å². The molecule has 1 aromatic heterocycles. The first-order chi connectivity index (χ1) is 8.34. The largest absolute Gasteiger partial charge is 0.311 e. The lowest BCUT2D eigenvalue weighted by molar-refractivity contribution is 0.199. The van der Waals surface area contributed by atoms with Crippen molar-refractivity contribution in [1.82, 2.24) is 15.2 Å². The molecule has 0 amide bonds. The van der Waals surface area contributed by atoms with Crippen LogP contribution in [-0.2, 0) is 6.54 Å². The summed E-state index contributed by atoms with van der Waals surface area (Å²) in [6.45, 7) is 8.27. The highest BCUT2D eigenvalue weighted by Crippen LogP contribution is 2.11. The van der Waals surface area contributed by atoms with E-state index in [2.05, 4.69) is 22.1 Å². The van der Waals surface area contributed by atoms with E-state index >= 15 is 0 Å². The van der Waals surface area contributed by atoms with Crippen LogP contribution >= 0.6 is 11.3 Å². The molecule has 1 aliphatic rings. The second kappa shape index (κ2) is 7.09. The Morgan fingerprint density at radius 1 is 1.41 bits per heavy atom. The average Bonchev–Trinajstić information content (AvgIpc) is 2.83. The maximum Gasteiger partial charge on any atom is 0.0794 e. The first-order valence-corrected chi connectivity index (χ1v) is 7.53. The van der Waals surface area contributed by atoms with Gasteiger partial charge in [0.15, 0.2) is 0 Å². The van der Waals surface area contributed by atoms with Crippen LogP contribution in [0.1, 0.15) is 31.1 Å². The summed E-state index contributed by atoms with van der Waals surface area (Å²) >= 11 is 1.73. The summed E-state index contributed by atoms with van der Waals surface area (Å²) in [6.07, 6.45) is 6.16. The number of hydrogen-bond acceptors (Lipinski definition) is 4. The van der Waals surface area contributed by atoms with Crippen molar-refractivity contribution in [3.05, 3.63) is 16.6 Å². The molecular formula is C13H23N3S. The molecule has 2 rings (SSSR count). The lowest BCUT2D eigenvalue weighted by atomic mass is 10.1. The van der Waals surface area contributed by atoms with E-state index in [0.717, 1.165) is 19.0 Å². The fourth-order valence-electron chi connectivity index (χ4n) is 2.42. The van der Waals surface area contributed by atoms with Crippen LogP contribution in [0.4, 0.5) is 0 Å². The molecule has 17 heavy (non-hydrogen) atoms. The average molecular weight is 253 g/mol. The second-order valence-corrected chi connectivity index (χ2v) is 6.04. The van der Waals surface area contributed by atoms with E-state index in [4.69, 9.17) is 0 Å². The third-order valence-electron chi connectivity index (χ3n) is 3.29. The lowest BCUT2D eigenvalue weighted by Crippen LogP contribution is -2.36. The molecule has 96 valence electrons. The summed E-state index contributed by atoms with van der Waals surface area (Å²) in [7, 11) is 0. The highest BCUT2D eigenvalue weighted by atomic mass is 32.1. The summed E-state index contributed by atoms with van der Waals surface area (Å²) in [5, 5.41) is 3.52. The molecular weight excluding hydrogens is 230 g/mol. The van der Waals surface area contributed by atoms with E-state index in [1.165, 1.54) is 43.8 Å². The van der Waals surface area contributed by atoms with E-state index in [-0.39, 0.29) is 0 Å². The van der Waals surface area contributed by atoms with Gasteiger partial charge in [-0.3, -0.25) is 4.98 Å². The molecule has 1 atom stereocenters. The SMILES string of the molecule is CC(CNCc1cncs1)CN1CCCCC1. The molecule has 1 N–H and O–H groups in total. The number of thiazole rings is 1. The molecule has 1 unspecified atom stereocenters. The quantitative estimate of drug-likeness (QED) is 0.843. The van der Waals surface area contributed by atoms with Crippen molar-refractivity contribution in [2.24, 2.45) is 5.92 Å². The molecule has 1 aliphatic heterocycles. The third kappa shape index (κ3) is 4.74. The number of piperidine rings is 1. The molecule has 2 heterocycles. The Morgan fingerprint density at radius 3 is 2.94 bits per heavy atom. The Morgan fingerprint density at radius 2 is 2.24 bits per heavy atom. The smallest absolute Gasteiger partial charge is 0.0794 e. The van der Waals surface area contributed by atoms with Crippen LogP contribution < -0.4 is 5.32 Å². The normalized spacial score (nSPS) is 19.4. The van der Waals surface area contributed by atoms with E-state index in [1.807, 2.05) is 11.7 Å². The van der Waals surface area contributed by atoms with Gasteiger partial charge in [-0.2, -0.15) is 0 Å². The number of nitrogens with zero attached hydrogens (tertiary/aromatic N) is 2. The Balaban J connectivity index is 1.58. The van der Waals surface area contributed by atoms with Crippen LogP contribution in [0.15, 0.2) is 11.7 Å². The Bertz CT molecular complexity index is 294. The van der Waals surface area contributed by atoms with Crippen molar-refractivity contribution in [2.75, 3.05) is 26.2 Å². The standard InChI is InChI=1S/C13H23N3S/c1-12(10-16-5-3-2-4-6-16)7-14-8-13-9-15-11-17-13/h9,11-12,14H,2-8,10H2,1H3. The summed E-state index contributed by atoms with van der Waals surface area (Å²) in [5.41, 5.74) is 1.90. The monoisotopic (exact) mass is 253 g/mol. The second-order valence-electron chi connectivity index (χ2n) is 5.07. The van der Waals surface area contributed by atoms with E-state index in [1.54, 1.807) is 11.3 Å². The van der Waals surface area contributed by atoms with Crippen molar-refractivity contribution in [1.29, 1.82) is 0 Å². The zero-order valence-corrected chi connectivity index (χ0v) is 11.5. The van der Waals surface area contributed by atoms with Gasteiger partial charge >= 0.3 is 0 Å². The first kappa shape index (κ1) is 13.0. The number of nitrogens with one attached hydrogen (secondary N) is 1. The van der Waals surface area contributed by atoms with Crippen molar-refractivity contribution in [3.63, 3.8) is 0 Å². The fraction of sp³-hybridized carbons (Fsp3) is 0.769. The third-order valence-corrected chi connectivity index (χ3v) is 4.07. The van der Waals surface area contributed by atoms with Gasteiger partial charge in [-0.25, -0.2) is 0 Å². The number of rotatable bonds is 6. The first-order valence-electron chi connectivity index (χ1n) is 6.65. The van der Waals surface area contributed by atoms with Crippen LogP contribution in [0, 0.1) is 5.92 Å². The molecule has 1 fully saturated rings. The van der Waals surface area contributed by atoms with E-state index < -0.39 is 0 Å². The Hall–Kier alpha value is -0.450. The van der Waals surface area contributed by atoms with Gasteiger partial charge in [-0.15, -0.1) is 11.3 Å². The summed E-state index contributed by atoms with van der Waals surface area (Å²) < 4.78 is 0. The highest BCUT2D eigenvalue weighted by Gasteiger charge is 2.12. The molecule has 0 spiro atoms. The Labute approximate surface area is 108 Å². The van der Waals surface area contributed by atoms with Crippen molar-refractivity contribution in [3.8, 4) is 0 Å². The van der Waals surface area contributed by atoms with Gasteiger partial charge in [-0.05, 0) is 38.4 Å². The van der Waals surface area contributed by atoms with Gasteiger partial charge in [0.05, 0.1) is 5.51 Å². The maximum atomic E-state index is 4.08. The van der Waals surface area contributed by atoms with Gasteiger partial charge in [0.25, 0.3) is 0 Å². The molecule has 0 aromatic carbocycles. The van der Waals surface area contributed by atoms with Gasteiger partial charge < -0.3 is 10.2 Å². The van der Waals surface area contributed by atoms with Crippen LogP contribution in [0.2, 0.25) is 0 Å². The topological polar surface area (TPSA) is 28.2 Å². The molecule has 0 bridgehead atoms. The van der Waals surface area contributed by atoms with Gasteiger partial charge in [0.2, 0.25) is 0 Å². The molecule has 1 aromatic rings. The van der Waals surface area contributed by atoms with Crippen LogP contribution in [0.5, 0.6) is 0 Å². The van der Waals surface area contributed by atoms with Gasteiger partial charge in [0.1, 0.15) is 0 Å². The summed E-state index contributed by atoms with van der Waals surface area (Å²) in [4.78, 5) is 8.03. The highest BCUT2D eigenvalue weighted by molar-refractivity contribution is 7.09. The van der Waals surface area contributed by atoms with Crippen LogP contribution in [0.3, 0.4) is 0 Å². The number of hydrogen-bond donors (Lipinski definition) is 1. The zero-order valence-electron chi connectivity index (χ0n) is 10.7. The lowest BCUT2D eigenvalue weighted by Gasteiger charge is -2.29. The molecule has 1 saturated heterocycles. The number of likely N-dealkylation sites (tertiary alicyclic amines) is 1. The van der Waals surface area contributed by atoms with Crippen molar-refractivity contribution >= 4 is 11.3 Å². The molecule has 0 radical (unpaired) electrons. The predicted octanol–water partition coefficient (Wildman–Crippen LogP) is 2.35. The molecule has 4 heteroatoms. The predicted molar refractivity (Wildman–Crippen MR) is 73.3 cm³/mol. The fourth-order valence-corrected chi connectivity index (χ4v) is 2.98. The summed E-state index contributed by atoms with van der Waals surface area (Å²) in [6, 6.07) is 0. The zero-order chi connectivity index (χ0) is 11.9. The minimum Gasteiger partial charge on any atom is -0.311 e. The minimum atomic E-state index is 0.737. The van der Waals surface area contributed by atoms with Crippen molar-refractivity contribution < 1.29 is 0 Å². The van der Waals surface area contributed by atoms with Crippen LogP contribution in [0.25, 0.3) is 0 Å². The van der Waals surface area contributed by atoms with Crippen LogP contribution in [-0.4, -0.2) is 36.1 Å². The Kier molecular flexibility index (Phi) is 5.42. The molecule has 0 aliphatic carbocycles. The van der Waals surface area contributed by atoms with Crippen molar-refractivity contribution in [2.45, 2.75) is 32.7 Å². The molecule has 0 saturated carbocycles. The number of aromatic nitrogens is 1. The van der Waals surface area contributed by atoms with E-state index in [9.17, 15) is 0 Å². The minimum absolute atomic E-state index is 0.737. The van der Waals surface area contributed by atoms with Gasteiger partial charge in [-0.1, -0.05) is 13.3 Å². The molecule has 3 nitrogen and oxygen atoms in total. The van der Waals surface area contributed by atoms with E-state index in [0.29, 0.717) is 0 Å².